The molecule has 0 amide bonds. The largest absolute Gasteiger partial charge is 0.478 e. The number of rotatable bonds is 2. The number of aryl methyl sites for hydroxylation is 1. The summed E-state index contributed by atoms with van der Waals surface area (Å²) in [5.41, 5.74) is 1.56. The van der Waals surface area contributed by atoms with Gasteiger partial charge in [-0.2, -0.15) is 5.10 Å². The highest BCUT2D eigenvalue weighted by molar-refractivity contribution is 9.10. The van der Waals surface area contributed by atoms with Gasteiger partial charge in [-0.05, 0) is 34.5 Å². The quantitative estimate of drug-likeness (QED) is 0.856. The average Bonchev–Trinajstić information content (AvgIpc) is 2.64. The summed E-state index contributed by atoms with van der Waals surface area (Å²) < 4.78 is 1.98. The fraction of sp³-hybridized carbons (Fsp3) is 0.100. The van der Waals surface area contributed by atoms with Crippen molar-refractivity contribution in [3.05, 3.63) is 40.4 Å². The van der Waals surface area contributed by atoms with Crippen LogP contribution in [0.5, 0.6) is 0 Å². The highest BCUT2D eigenvalue weighted by atomic mass is 79.9. The van der Waals surface area contributed by atoms with Crippen molar-refractivity contribution in [2.24, 2.45) is 0 Å². The molecule has 2 rings (SSSR count). The van der Waals surface area contributed by atoms with Crippen LogP contribution in [0.3, 0.4) is 0 Å². The monoisotopic (exact) mass is 281 g/mol. The molecule has 0 unspecified atom stereocenters. The molecule has 1 N–H and O–H groups in total. The highest BCUT2D eigenvalue weighted by Gasteiger charge is 2.13. The molecule has 0 fully saturated rings. The van der Waals surface area contributed by atoms with Gasteiger partial charge in [0.25, 0.3) is 0 Å². The molecule has 82 valence electrons. The van der Waals surface area contributed by atoms with Gasteiger partial charge in [0.05, 0.1) is 23.6 Å². The third-order valence-corrected chi connectivity index (χ3v) is 2.47. The van der Waals surface area contributed by atoms with Gasteiger partial charge in [0, 0.05) is 6.20 Å². The zero-order valence-electron chi connectivity index (χ0n) is 8.38. The Balaban J connectivity index is 2.60. The maximum atomic E-state index is 11.1. The minimum absolute atomic E-state index is 0.157. The zero-order chi connectivity index (χ0) is 11.7. The maximum Gasteiger partial charge on any atom is 0.338 e. The summed E-state index contributed by atoms with van der Waals surface area (Å²) in [7, 11) is 0. The minimum atomic E-state index is -1.01. The molecule has 0 aliphatic rings. The first-order valence-electron chi connectivity index (χ1n) is 4.48. The van der Waals surface area contributed by atoms with Crippen LogP contribution in [0.25, 0.3) is 5.69 Å². The van der Waals surface area contributed by atoms with E-state index in [4.69, 9.17) is 5.11 Å². The van der Waals surface area contributed by atoms with Gasteiger partial charge in [0.1, 0.15) is 4.60 Å². The predicted octanol–water partition coefficient (Wildman–Crippen LogP) is 2.04. The molecule has 0 saturated carbocycles. The molecule has 6 heteroatoms. The SMILES string of the molecule is Cc1cnn(-c2cnc(Br)cc2C(=O)O)c1. The zero-order valence-corrected chi connectivity index (χ0v) is 9.97. The van der Waals surface area contributed by atoms with Crippen LogP contribution in [-0.2, 0) is 0 Å². The number of aromatic carboxylic acids is 1. The van der Waals surface area contributed by atoms with Gasteiger partial charge in [-0.1, -0.05) is 0 Å². The van der Waals surface area contributed by atoms with E-state index in [1.807, 2.05) is 6.92 Å². The van der Waals surface area contributed by atoms with E-state index in [1.54, 1.807) is 12.4 Å². The van der Waals surface area contributed by atoms with Crippen molar-refractivity contribution in [3.8, 4) is 5.69 Å². The molecular formula is C10H8BrN3O2. The average molecular weight is 282 g/mol. The molecule has 2 heterocycles. The van der Waals surface area contributed by atoms with Gasteiger partial charge in [0.15, 0.2) is 0 Å². The van der Waals surface area contributed by atoms with Crippen LogP contribution in [-0.4, -0.2) is 25.8 Å². The van der Waals surface area contributed by atoms with Crippen LogP contribution in [0.1, 0.15) is 15.9 Å². The standard InChI is InChI=1S/C10H8BrN3O2/c1-6-3-13-14(5-6)8-4-12-9(11)2-7(8)10(15)16/h2-5H,1H3,(H,15,16). The Morgan fingerprint density at radius 3 is 2.81 bits per heavy atom. The van der Waals surface area contributed by atoms with E-state index in [2.05, 4.69) is 26.0 Å². The molecule has 16 heavy (non-hydrogen) atoms. The van der Waals surface area contributed by atoms with Gasteiger partial charge in [-0.25, -0.2) is 14.5 Å². The number of hydrogen-bond acceptors (Lipinski definition) is 3. The van der Waals surface area contributed by atoms with Crippen molar-refractivity contribution in [1.82, 2.24) is 14.8 Å². The Kier molecular flexibility index (Phi) is 2.74. The second-order valence-electron chi connectivity index (χ2n) is 3.29. The molecular weight excluding hydrogens is 274 g/mol. The van der Waals surface area contributed by atoms with E-state index < -0.39 is 5.97 Å². The first-order valence-corrected chi connectivity index (χ1v) is 5.27. The van der Waals surface area contributed by atoms with E-state index in [1.165, 1.54) is 16.9 Å². The van der Waals surface area contributed by atoms with Crippen molar-refractivity contribution >= 4 is 21.9 Å². The third kappa shape index (κ3) is 1.96. The number of carboxylic acid groups (broad SMARTS) is 1. The summed E-state index contributed by atoms with van der Waals surface area (Å²) in [6, 6.07) is 1.45. The van der Waals surface area contributed by atoms with Crippen molar-refractivity contribution in [3.63, 3.8) is 0 Å². The van der Waals surface area contributed by atoms with E-state index in [-0.39, 0.29) is 5.56 Å². The molecule has 0 aliphatic heterocycles. The summed E-state index contributed by atoms with van der Waals surface area (Å²) in [4.78, 5) is 15.1. The Morgan fingerprint density at radius 2 is 2.25 bits per heavy atom. The van der Waals surface area contributed by atoms with Gasteiger partial charge in [0.2, 0.25) is 0 Å². The third-order valence-electron chi connectivity index (χ3n) is 2.04. The van der Waals surface area contributed by atoms with Crippen molar-refractivity contribution < 1.29 is 9.90 Å². The predicted molar refractivity (Wildman–Crippen MR) is 60.8 cm³/mol. The minimum Gasteiger partial charge on any atom is -0.478 e. The lowest BCUT2D eigenvalue weighted by Crippen LogP contribution is -2.06. The molecule has 2 aromatic rings. The molecule has 0 atom stereocenters. The summed E-state index contributed by atoms with van der Waals surface area (Å²) in [5.74, 6) is -1.01. The first kappa shape index (κ1) is 10.8. The van der Waals surface area contributed by atoms with Crippen LogP contribution in [0.4, 0.5) is 0 Å². The van der Waals surface area contributed by atoms with Crippen LogP contribution >= 0.6 is 15.9 Å². The number of pyridine rings is 1. The first-order chi connectivity index (χ1) is 7.58. The lowest BCUT2D eigenvalue weighted by atomic mass is 10.2. The second kappa shape index (κ2) is 4.05. The lowest BCUT2D eigenvalue weighted by Gasteiger charge is -2.05. The lowest BCUT2D eigenvalue weighted by molar-refractivity contribution is 0.0696. The van der Waals surface area contributed by atoms with Crippen molar-refractivity contribution in [2.75, 3.05) is 0 Å². The van der Waals surface area contributed by atoms with E-state index >= 15 is 0 Å². The van der Waals surface area contributed by atoms with Crippen LogP contribution in [0, 0.1) is 6.92 Å². The molecule has 2 aromatic heterocycles. The molecule has 0 spiro atoms. The maximum absolute atomic E-state index is 11.1. The second-order valence-corrected chi connectivity index (χ2v) is 4.10. The molecule has 5 nitrogen and oxygen atoms in total. The topological polar surface area (TPSA) is 68.0 Å². The van der Waals surface area contributed by atoms with E-state index in [0.717, 1.165) is 5.56 Å². The van der Waals surface area contributed by atoms with Gasteiger partial charge >= 0.3 is 5.97 Å². The Hall–Kier alpha value is -1.69. The molecule has 0 aromatic carbocycles. The summed E-state index contributed by atoms with van der Waals surface area (Å²) in [5, 5.41) is 13.1. The van der Waals surface area contributed by atoms with Crippen LogP contribution in [0.15, 0.2) is 29.3 Å². The van der Waals surface area contributed by atoms with Gasteiger partial charge in [-0.15, -0.1) is 0 Å². The normalized spacial score (nSPS) is 10.4. The number of carbonyl (C=O) groups is 1. The summed E-state index contributed by atoms with van der Waals surface area (Å²) in [6.07, 6.45) is 4.88. The van der Waals surface area contributed by atoms with Crippen LogP contribution in [0.2, 0.25) is 0 Å². The number of carboxylic acids is 1. The Labute approximate surface area is 99.9 Å². The van der Waals surface area contributed by atoms with E-state index in [0.29, 0.717) is 10.3 Å². The van der Waals surface area contributed by atoms with Crippen molar-refractivity contribution in [1.29, 1.82) is 0 Å². The van der Waals surface area contributed by atoms with Gasteiger partial charge < -0.3 is 5.11 Å². The van der Waals surface area contributed by atoms with Crippen LogP contribution < -0.4 is 0 Å². The Morgan fingerprint density at radius 1 is 1.50 bits per heavy atom. The molecule has 0 bridgehead atoms. The molecule has 0 radical (unpaired) electrons. The van der Waals surface area contributed by atoms with Crippen molar-refractivity contribution in [2.45, 2.75) is 6.92 Å². The fourth-order valence-corrected chi connectivity index (χ4v) is 1.65. The summed E-state index contributed by atoms with van der Waals surface area (Å²) in [6.45, 7) is 1.89. The number of nitrogens with zero attached hydrogens (tertiary/aromatic N) is 3. The number of aromatic nitrogens is 3. The fourth-order valence-electron chi connectivity index (χ4n) is 1.32. The Bertz CT molecular complexity index is 551. The molecule has 0 aliphatic carbocycles. The van der Waals surface area contributed by atoms with E-state index in [9.17, 15) is 4.79 Å². The summed E-state index contributed by atoms with van der Waals surface area (Å²) >= 11 is 3.14. The smallest absolute Gasteiger partial charge is 0.338 e. The number of halogens is 1. The highest BCUT2D eigenvalue weighted by Crippen LogP contribution is 2.17. The number of hydrogen-bond donors (Lipinski definition) is 1. The molecule has 0 saturated heterocycles. The van der Waals surface area contributed by atoms with Gasteiger partial charge in [-0.3, -0.25) is 0 Å².